The largest absolute Gasteiger partial charge is 0.293 e. The summed E-state index contributed by atoms with van der Waals surface area (Å²) in [5, 5.41) is 13.4. The number of hydrazine groups is 1. The summed E-state index contributed by atoms with van der Waals surface area (Å²) >= 11 is 0. The Morgan fingerprint density at radius 2 is 2.09 bits per heavy atom. The third-order valence-electron chi connectivity index (χ3n) is 4.01. The summed E-state index contributed by atoms with van der Waals surface area (Å²) in [4.78, 5) is 28.1. The molecule has 0 unspecified atom stereocenters. The molecule has 2 aromatic rings. The number of anilines is 1. The molecule has 0 bridgehead atoms. The van der Waals surface area contributed by atoms with Gasteiger partial charge in [-0.2, -0.15) is 0 Å². The van der Waals surface area contributed by atoms with Gasteiger partial charge >= 0.3 is 0 Å². The van der Waals surface area contributed by atoms with Crippen molar-refractivity contribution >= 4 is 17.6 Å². The van der Waals surface area contributed by atoms with Gasteiger partial charge in [-0.3, -0.25) is 14.9 Å². The molecular weight excluding hydrogens is 298 g/mol. The summed E-state index contributed by atoms with van der Waals surface area (Å²) in [5.74, 6) is 0.238. The predicted octanol–water partition coefficient (Wildman–Crippen LogP) is 0.0789. The first-order valence-corrected chi connectivity index (χ1v) is 7.83. The molecule has 23 heavy (non-hydrogen) atoms. The molecule has 0 radical (unpaired) electrons. The first-order chi connectivity index (χ1) is 11.1. The van der Waals surface area contributed by atoms with Gasteiger partial charge in [0.05, 0.1) is 6.54 Å². The Morgan fingerprint density at radius 3 is 2.83 bits per heavy atom. The number of hydrogen-bond acceptors (Lipinski definition) is 6. The molecule has 2 aromatic heterocycles. The number of amides is 1. The van der Waals surface area contributed by atoms with Crippen molar-refractivity contribution in [2.45, 2.75) is 25.7 Å². The molecule has 2 N–H and O–H groups in total. The van der Waals surface area contributed by atoms with Crippen LogP contribution in [0.5, 0.6) is 0 Å². The number of fused-ring (bicyclic) bond motifs is 1. The van der Waals surface area contributed by atoms with E-state index < -0.39 is 0 Å². The van der Waals surface area contributed by atoms with E-state index in [4.69, 9.17) is 0 Å². The average Bonchev–Trinajstić information content (AvgIpc) is 2.75. The van der Waals surface area contributed by atoms with Gasteiger partial charge in [0.25, 0.3) is 5.56 Å². The van der Waals surface area contributed by atoms with Crippen LogP contribution in [-0.4, -0.2) is 62.2 Å². The fourth-order valence-corrected chi connectivity index (χ4v) is 2.80. The number of likely N-dealkylation sites (N-methyl/N-ethyl adjacent to an activating group) is 1. The third kappa shape index (κ3) is 3.57. The van der Waals surface area contributed by atoms with E-state index in [0.717, 1.165) is 25.9 Å². The van der Waals surface area contributed by atoms with Crippen LogP contribution in [0.2, 0.25) is 0 Å². The van der Waals surface area contributed by atoms with Crippen LogP contribution in [0.15, 0.2) is 17.1 Å². The van der Waals surface area contributed by atoms with E-state index in [-0.39, 0.29) is 24.0 Å². The van der Waals surface area contributed by atoms with E-state index in [1.165, 1.54) is 29.5 Å². The Kier molecular flexibility index (Phi) is 4.68. The molecule has 1 aliphatic rings. The van der Waals surface area contributed by atoms with Gasteiger partial charge in [0.1, 0.15) is 0 Å². The number of carbonyl (C=O) groups is 1. The van der Waals surface area contributed by atoms with Crippen molar-refractivity contribution in [2.24, 2.45) is 0 Å². The minimum Gasteiger partial charge on any atom is -0.293 e. The monoisotopic (exact) mass is 319 g/mol. The zero-order chi connectivity index (χ0) is 16.2. The number of nitrogens with one attached hydrogen (secondary N) is 2. The van der Waals surface area contributed by atoms with Gasteiger partial charge in [0.2, 0.25) is 17.6 Å². The summed E-state index contributed by atoms with van der Waals surface area (Å²) in [6.07, 6.45) is 6.18. The fraction of sp³-hybridized carbons (Fsp3) is 0.571. The van der Waals surface area contributed by atoms with Crippen molar-refractivity contribution in [1.29, 1.82) is 0 Å². The number of hydrogen-bond donors (Lipinski definition) is 2. The smallest absolute Gasteiger partial charge is 0.261 e. The van der Waals surface area contributed by atoms with Gasteiger partial charge in [-0.15, -0.1) is 5.10 Å². The van der Waals surface area contributed by atoms with Crippen LogP contribution < -0.4 is 10.9 Å². The van der Waals surface area contributed by atoms with E-state index >= 15 is 0 Å². The van der Waals surface area contributed by atoms with Crippen molar-refractivity contribution in [2.75, 3.05) is 32.0 Å². The van der Waals surface area contributed by atoms with E-state index in [0.29, 0.717) is 5.78 Å². The van der Waals surface area contributed by atoms with Crippen LogP contribution in [-0.2, 0) is 4.79 Å². The Bertz CT molecular complexity index is 730. The van der Waals surface area contributed by atoms with E-state index in [2.05, 4.69) is 25.5 Å². The molecule has 1 fully saturated rings. The second kappa shape index (κ2) is 6.88. The number of nitrogens with zero attached hydrogens (tertiary/aromatic N) is 5. The normalized spacial score (nSPS) is 16.6. The molecule has 1 aliphatic heterocycles. The van der Waals surface area contributed by atoms with Gasteiger partial charge in [0.15, 0.2) is 0 Å². The SMILES string of the molecule is CN(CC(=O)Nc1n[nH]c2nccc(=O)n12)N1CCCCCC1. The van der Waals surface area contributed by atoms with Crippen molar-refractivity contribution in [1.82, 2.24) is 29.6 Å². The zero-order valence-corrected chi connectivity index (χ0v) is 13.2. The molecule has 1 amide bonds. The predicted molar refractivity (Wildman–Crippen MR) is 84.9 cm³/mol. The fourth-order valence-electron chi connectivity index (χ4n) is 2.80. The summed E-state index contributed by atoms with van der Waals surface area (Å²) in [5.41, 5.74) is -0.292. The molecule has 124 valence electrons. The number of aromatic nitrogens is 4. The van der Waals surface area contributed by atoms with Crippen LogP contribution in [0.4, 0.5) is 5.95 Å². The van der Waals surface area contributed by atoms with Gasteiger partial charge in [-0.25, -0.2) is 24.5 Å². The molecule has 0 spiro atoms. The minimum absolute atomic E-state index is 0.160. The minimum atomic E-state index is -0.292. The number of aromatic amines is 1. The van der Waals surface area contributed by atoms with Crippen LogP contribution >= 0.6 is 0 Å². The third-order valence-corrected chi connectivity index (χ3v) is 4.01. The molecule has 3 heterocycles. The molecule has 9 heteroatoms. The lowest BCUT2D eigenvalue weighted by molar-refractivity contribution is -0.121. The number of H-pyrrole nitrogens is 1. The highest BCUT2D eigenvalue weighted by molar-refractivity contribution is 5.90. The lowest BCUT2D eigenvalue weighted by atomic mass is 10.2. The number of rotatable bonds is 4. The molecule has 0 saturated carbocycles. The molecule has 9 nitrogen and oxygen atoms in total. The molecule has 1 saturated heterocycles. The number of carbonyl (C=O) groups excluding carboxylic acids is 1. The van der Waals surface area contributed by atoms with Crippen molar-refractivity contribution in [3.63, 3.8) is 0 Å². The maximum atomic E-state index is 12.2. The van der Waals surface area contributed by atoms with Crippen molar-refractivity contribution < 1.29 is 4.79 Å². The second-order valence-electron chi connectivity index (χ2n) is 5.72. The molecule has 0 aromatic carbocycles. The van der Waals surface area contributed by atoms with Crippen LogP contribution in [0.3, 0.4) is 0 Å². The standard InChI is InChI=1S/C14H21N7O2/c1-19(20-8-4-2-3-5-9-20)10-11(22)16-14-18-17-13-15-7-6-12(23)21(13)14/h6-7H,2-5,8-10H2,1H3,(H,15,17)(H,16,18,22). The van der Waals surface area contributed by atoms with Gasteiger partial charge < -0.3 is 0 Å². The highest BCUT2D eigenvalue weighted by Gasteiger charge is 2.18. The maximum absolute atomic E-state index is 12.2. The van der Waals surface area contributed by atoms with Gasteiger partial charge in [-0.05, 0) is 12.8 Å². The lowest BCUT2D eigenvalue weighted by Gasteiger charge is -2.30. The molecule has 0 aliphatic carbocycles. The molecule has 3 rings (SSSR count). The first-order valence-electron chi connectivity index (χ1n) is 7.83. The first kappa shape index (κ1) is 15.6. The van der Waals surface area contributed by atoms with Crippen molar-refractivity contribution in [3.8, 4) is 0 Å². The zero-order valence-electron chi connectivity index (χ0n) is 13.2. The van der Waals surface area contributed by atoms with E-state index in [1.54, 1.807) is 0 Å². The van der Waals surface area contributed by atoms with Crippen LogP contribution in [0.25, 0.3) is 5.78 Å². The Balaban J connectivity index is 1.65. The molecule has 0 atom stereocenters. The highest BCUT2D eigenvalue weighted by atomic mass is 16.2. The Labute approximate surface area is 133 Å². The van der Waals surface area contributed by atoms with Gasteiger partial charge in [0, 0.05) is 32.4 Å². The van der Waals surface area contributed by atoms with Crippen LogP contribution in [0.1, 0.15) is 25.7 Å². The van der Waals surface area contributed by atoms with Gasteiger partial charge in [-0.1, -0.05) is 12.8 Å². The van der Waals surface area contributed by atoms with E-state index in [1.807, 2.05) is 12.1 Å². The highest BCUT2D eigenvalue weighted by Crippen LogP contribution is 2.11. The average molecular weight is 319 g/mol. The summed E-state index contributed by atoms with van der Waals surface area (Å²) in [7, 11) is 1.90. The molecular formula is C14H21N7O2. The lowest BCUT2D eigenvalue weighted by Crippen LogP contribution is -2.44. The Hall–Kier alpha value is -2.26. The Morgan fingerprint density at radius 1 is 1.35 bits per heavy atom. The van der Waals surface area contributed by atoms with Crippen LogP contribution in [0, 0.1) is 0 Å². The van der Waals surface area contributed by atoms with Crippen molar-refractivity contribution in [3.05, 3.63) is 22.6 Å². The second-order valence-corrected chi connectivity index (χ2v) is 5.72. The summed E-state index contributed by atoms with van der Waals surface area (Å²) < 4.78 is 1.24. The topological polar surface area (TPSA) is 98.6 Å². The summed E-state index contributed by atoms with van der Waals surface area (Å²) in [6, 6.07) is 1.32. The maximum Gasteiger partial charge on any atom is 0.261 e. The van der Waals surface area contributed by atoms with E-state index in [9.17, 15) is 9.59 Å². The summed E-state index contributed by atoms with van der Waals surface area (Å²) in [6.45, 7) is 2.15. The quantitative estimate of drug-likeness (QED) is 0.828.